The quantitative estimate of drug-likeness (QED) is 0.0121. The number of methoxy groups -OCH3 is 2. The number of carbonyl (C=O) groups excluding carboxylic acids is 6. The van der Waals surface area contributed by atoms with E-state index >= 15 is 0 Å². The average molecular weight is 1660 g/mol. The third kappa shape index (κ3) is 22.3. The fourth-order valence-corrected chi connectivity index (χ4v) is 14.4. The van der Waals surface area contributed by atoms with Crippen LogP contribution in [0.2, 0.25) is 0 Å². The van der Waals surface area contributed by atoms with Gasteiger partial charge in [-0.25, -0.2) is 28.8 Å². The zero-order valence-electron chi connectivity index (χ0n) is 63.9. The van der Waals surface area contributed by atoms with Gasteiger partial charge in [-0.05, 0) is 52.4 Å². The first-order valence-electron chi connectivity index (χ1n) is 37.4. The molecule has 0 amide bonds. The fraction of sp³-hybridized carbons (Fsp3) is 0.658. The molecule has 40 heteroatoms. The van der Waals surface area contributed by atoms with Crippen molar-refractivity contribution in [3.05, 3.63) is 121 Å². The second-order valence-electron chi connectivity index (χ2n) is 28.5. The highest BCUT2D eigenvalue weighted by atomic mass is 16.8. The van der Waals surface area contributed by atoms with Crippen molar-refractivity contribution in [1.29, 1.82) is 0 Å². The Kier molecular flexibility index (Phi) is 35.6. The molecule has 40 nitrogen and oxygen atoms in total. The second-order valence-corrected chi connectivity index (χ2v) is 28.5. The number of carbonyl (C=O) groups is 6. The summed E-state index contributed by atoms with van der Waals surface area (Å²) in [5, 5.41) is 166. The summed E-state index contributed by atoms with van der Waals surface area (Å²) in [5.74, 6) is -13.4. The summed E-state index contributed by atoms with van der Waals surface area (Å²) in [7, 11) is 2.22. The summed E-state index contributed by atoms with van der Waals surface area (Å²) in [5.41, 5.74) is 0.160. The van der Waals surface area contributed by atoms with Crippen LogP contribution < -0.4 is 0 Å². The van der Waals surface area contributed by atoms with E-state index in [0.29, 0.717) is 5.57 Å². The number of allylic oxidation sites excluding steroid dienone is 2. The molecule has 16 N–H and O–H groups in total. The van der Waals surface area contributed by atoms with Gasteiger partial charge in [0.1, 0.15) is 97.7 Å². The monoisotopic (exact) mass is 1660 g/mol. The van der Waals surface area contributed by atoms with Gasteiger partial charge < -0.3 is 167 Å². The second kappa shape index (κ2) is 44.0. The van der Waals surface area contributed by atoms with Crippen LogP contribution in [-0.2, 0) is 114 Å². The summed E-state index contributed by atoms with van der Waals surface area (Å²) in [6.07, 6.45) is -27.9. The van der Waals surface area contributed by atoms with Crippen molar-refractivity contribution in [3.8, 4) is 0 Å². The highest BCUT2D eigenvalue weighted by Gasteiger charge is 2.53. The molecular formula is C76H106O40. The Morgan fingerprint density at radius 3 is 0.905 bits per heavy atom. The van der Waals surface area contributed by atoms with E-state index in [1.54, 1.807) is 6.92 Å². The van der Waals surface area contributed by atoms with Gasteiger partial charge in [0.25, 0.3) is 0 Å². The summed E-state index contributed by atoms with van der Waals surface area (Å²) < 4.78 is 102. The molecule has 8 heterocycles. The van der Waals surface area contributed by atoms with Crippen molar-refractivity contribution in [2.24, 2.45) is 47.3 Å². The van der Waals surface area contributed by atoms with Gasteiger partial charge in [0, 0.05) is 59.0 Å². The minimum atomic E-state index is -1.89. The van der Waals surface area contributed by atoms with E-state index in [9.17, 15) is 110 Å². The molecule has 116 heavy (non-hydrogen) atoms. The molecule has 4 saturated heterocycles. The van der Waals surface area contributed by atoms with E-state index < -0.39 is 271 Å². The average Bonchev–Trinajstić information content (AvgIpc) is 0.795. The summed E-state index contributed by atoms with van der Waals surface area (Å²) in [4.78, 5) is 82.0. The lowest BCUT2D eigenvalue weighted by atomic mass is 9.81. The smallest absolute Gasteiger partial charge is 0.337 e. The molecule has 0 spiro atoms. The summed E-state index contributed by atoms with van der Waals surface area (Å²) >= 11 is 0. The highest BCUT2D eigenvalue weighted by Crippen LogP contribution is 2.43. The van der Waals surface area contributed by atoms with E-state index in [-0.39, 0.29) is 79.6 Å². The lowest BCUT2D eigenvalue weighted by molar-refractivity contribution is -0.339. The Balaban J connectivity index is 0.902. The predicted molar refractivity (Wildman–Crippen MR) is 383 cm³/mol. The molecule has 650 valence electrons. The van der Waals surface area contributed by atoms with Crippen LogP contribution in [0.4, 0.5) is 0 Å². The van der Waals surface area contributed by atoms with Crippen LogP contribution in [0.5, 0.6) is 0 Å². The highest BCUT2D eigenvalue weighted by molar-refractivity contribution is 5.91. The molecule has 0 radical (unpaired) electrons. The first kappa shape index (κ1) is 94.0. The van der Waals surface area contributed by atoms with E-state index in [1.165, 1.54) is 43.4 Å². The number of aliphatic hydroxyl groups is 16. The van der Waals surface area contributed by atoms with Crippen LogP contribution in [0.3, 0.4) is 0 Å². The molecule has 0 aromatic heterocycles. The fourth-order valence-electron chi connectivity index (χ4n) is 14.4. The van der Waals surface area contributed by atoms with Gasteiger partial charge in [0.05, 0.1) is 114 Å². The number of esters is 6. The Morgan fingerprint density at radius 2 is 0.638 bits per heavy atom. The van der Waals surface area contributed by atoms with Crippen LogP contribution in [0.15, 0.2) is 121 Å². The zero-order chi connectivity index (χ0) is 85.1. The standard InChI is InChI=1S/C76H106O40/c1-9-35-39(43(65(95)99-7)29-105-69(35)113-73-60(90)56(86)52(82)47(25-77)109-73)18-22-103-67(97)45-31-107-71(115-75-62(92)58(88)54(84)49(27-79)111-75)37(11-3)41(45)16-20-101-51(81)24-33(5)14-13-15-34(6)64(94)102-21-17-42-38(12-4)72(116-76-63(93)59(89)55(85)50(28-80)112-76)108-32-46(42)68(98)104-23-19-40-36(10-2)70(106-30-44(40)66(96)100-8)114-74-61(91)57(87)53(83)48(26-78)110-74/h9-12,15,24,29-32,35-42,47-50,52-63,69-80,82-93H,1-4,13-14,16-23,25-28H2,5-8H3/b33-24+,34-15+/t35-,36-,37-,38-,39-,40-,41-,42-,47+,48+,49+,50+,52+,53+,54+,55+,56-,57-,58-,59-,60+,61+,62+,63+,69+,70+,71+,72+,73-,74-,75-,76-/m0/s1. The Hall–Kier alpha value is -7.54. The largest absolute Gasteiger partial charge is 0.471 e. The number of aliphatic hydroxyl groups excluding tert-OH is 16. The number of rotatable bonds is 37. The maximum atomic E-state index is 14.3. The maximum Gasteiger partial charge on any atom is 0.337 e. The van der Waals surface area contributed by atoms with Crippen molar-refractivity contribution in [2.45, 2.75) is 200 Å². The minimum absolute atomic E-state index is 0.0558. The van der Waals surface area contributed by atoms with E-state index in [4.69, 9.17) is 85.3 Å². The molecule has 0 saturated carbocycles. The molecule has 0 unspecified atom stereocenters. The maximum absolute atomic E-state index is 14.3. The van der Waals surface area contributed by atoms with Crippen molar-refractivity contribution in [3.63, 3.8) is 0 Å². The first-order valence-corrected chi connectivity index (χ1v) is 37.4. The summed E-state index contributed by atoms with van der Waals surface area (Å²) in [6.45, 7) is 13.8. The van der Waals surface area contributed by atoms with Crippen molar-refractivity contribution in [2.75, 3.05) is 67.1 Å². The van der Waals surface area contributed by atoms with E-state index in [2.05, 4.69) is 26.3 Å². The molecule has 0 bridgehead atoms. The Morgan fingerprint density at radius 1 is 0.371 bits per heavy atom. The minimum Gasteiger partial charge on any atom is -0.471 e. The van der Waals surface area contributed by atoms with Gasteiger partial charge in [0.2, 0.25) is 25.2 Å². The van der Waals surface area contributed by atoms with Crippen LogP contribution in [0, 0.1) is 47.3 Å². The molecule has 0 aromatic carbocycles. The SMILES string of the molecule is C=C[C@@H]1[C@@H](O[C@@H]2O[C@H](CO)[C@@H](O)[C@H](O)[C@H]2O)OC=C(C(=O)OC)[C@H]1CCOC(=O)C1=CO[C@H](O[C@@H]2O[C@H](CO)[C@@H](O)[C@H](O)[C@H]2O)[C@@H](C=C)[C@@H]1CCOC(=O)/C=C(\C)CC/C=C(\C)C(=O)OCC[C@@H]1C(C(=O)OCC[C@@H]2C(C(=O)OC)=CO[C@H](O[C@@H]3O[C@H](CO)[C@@H](O)[C@H](O)[C@H]3O)[C@H]2C=C)=CO[C@H](O[C@@H]2O[C@H](CO)[C@@H](O)[C@H](O)[C@H]2O)[C@H]1C=C. The Labute approximate surface area is 665 Å². The molecular weight excluding hydrogens is 1550 g/mol. The van der Waals surface area contributed by atoms with Crippen molar-refractivity contribution < 1.29 is 196 Å². The molecule has 4 fully saturated rings. The normalized spacial score (nSPS) is 38.0. The molecule has 8 aliphatic heterocycles. The van der Waals surface area contributed by atoms with Gasteiger partial charge in [-0.2, -0.15) is 0 Å². The van der Waals surface area contributed by atoms with Gasteiger partial charge in [-0.3, -0.25) is 0 Å². The van der Waals surface area contributed by atoms with Gasteiger partial charge in [0.15, 0.2) is 25.2 Å². The molecule has 8 aliphatic rings. The molecule has 8 rings (SSSR count). The van der Waals surface area contributed by atoms with Gasteiger partial charge in [-0.1, -0.05) is 36.0 Å². The number of hydrogen-bond donors (Lipinski definition) is 16. The van der Waals surface area contributed by atoms with Crippen molar-refractivity contribution in [1.82, 2.24) is 0 Å². The van der Waals surface area contributed by atoms with Crippen LogP contribution in [0.1, 0.15) is 52.4 Å². The van der Waals surface area contributed by atoms with Crippen LogP contribution in [-0.4, -0.2) is 333 Å². The third-order valence-corrected chi connectivity index (χ3v) is 21.2. The lowest BCUT2D eigenvalue weighted by Crippen LogP contribution is -2.60. The van der Waals surface area contributed by atoms with Gasteiger partial charge in [-0.15, -0.1) is 26.3 Å². The van der Waals surface area contributed by atoms with Crippen LogP contribution >= 0.6 is 0 Å². The van der Waals surface area contributed by atoms with Crippen molar-refractivity contribution >= 4 is 35.8 Å². The van der Waals surface area contributed by atoms with Crippen LogP contribution in [0.25, 0.3) is 0 Å². The third-order valence-electron chi connectivity index (χ3n) is 21.2. The lowest BCUT2D eigenvalue weighted by Gasteiger charge is -2.43. The number of ether oxygens (including phenoxy) is 18. The topological polar surface area (TPSA) is 592 Å². The molecule has 32 atom stereocenters. The number of hydrogen-bond acceptors (Lipinski definition) is 40. The molecule has 0 aliphatic carbocycles. The molecule has 0 aromatic rings. The first-order chi connectivity index (χ1) is 55.4. The summed E-state index contributed by atoms with van der Waals surface area (Å²) in [6, 6.07) is 0. The van der Waals surface area contributed by atoms with E-state index in [0.717, 1.165) is 39.3 Å². The van der Waals surface area contributed by atoms with Gasteiger partial charge >= 0.3 is 35.8 Å². The van der Waals surface area contributed by atoms with E-state index in [1.807, 2.05) is 0 Å². The zero-order valence-corrected chi connectivity index (χ0v) is 63.9. The predicted octanol–water partition coefficient (Wildman–Crippen LogP) is -4.36. The Bertz CT molecular complexity index is 3530.